The van der Waals surface area contributed by atoms with Gasteiger partial charge in [-0.3, -0.25) is 14.6 Å². The summed E-state index contributed by atoms with van der Waals surface area (Å²) in [7, 11) is 0. The number of hydrogen-bond donors (Lipinski definition) is 1. The van der Waals surface area contributed by atoms with Crippen LogP contribution in [-0.2, 0) is 11.3 Å². The molecule has 0 spiro atoms. The molecule has 6 heteroatoms. The second-order valence-electron chi connectivity index (χ2n) is 6.38. The molecule has 6 nitrogen and oxygen atoms in total. The quantitative estimate of drug-likeness (QED) is 0.845. The number of hydrogen-bond acceptors (Lipinski definition) is 5. The summed E-state index contributed by atoms with van der Waals surface area (Å²) in [6.45, 7) is 9.33. The van der Waals surface area contributed by atoms with E-state index < -0.39 is 0 Å². The van der Waals surface area contributed by atoms with Gasteiger partial charge in [0.25, 0.3) is 0 Å². The topological polar surface area (TPSA) is 54.0 Å². The monoisotopic (exact) mass is 333 g/mol. The lowest BCUT2D eigenvalue weighted by Crippen LogP contribution is -2.49. The first-order valence-electron chi connectivity index (χ1n) is 8.84. The van der Waals surface area contributed by atoms with Gasteiger partial charge in [-0.05, 0) is 24.1 Å². The molecule has 1 amide bonds. The van der Waals surface area contributed by atoms with Crippen LogP contribution in [0.5, 0.6) is 11.5 Å². The molecule has 1 N–H and O–H groups in total. The molecule has 0 radical (unpaired) electrons. The smallest absolute Gasteiger partial charge is 0.234 e. The van der Waals surface area contributed by atoms with E-state index in [1.165, 1.54) is 5.56 Å². The van der Waals surface area contributed by atoms with Crippen molar-refractivity contribution in [2.24, 2.45) is 0 Å². The first kappa shape index (κ1) is 17.0. The van der Waals surface area contributed by atoms with Crippen LogP contribution in [0.3, 0.4) is 0 Å². The van der Waals surface area contributed by atoms with E-state index in [1.54, 1.807) is 0 Å². The number of carbonyl (C=O) groups is 1. The molecule has 0 unspecified atom stereocenters. The van der Waals surface area contributed by atoms with Gasteiger partial charge in [-0.2, -0.15) is 0 Å². The lowest BCUT2D eigenvalue weighted by Gasteiger charge is -2.34. The third kappa shape index (κ3) is 4.61. The van der Waals surface area contributed by atoms with Crippen molar-refractivity contribution in [3.8, 4) is 11.5 Å². The molecule has 0 aliphatic carbocycles. The molecule has 0 saturated carbocycles. The standard InChI is InChI=1S/C18H27N3O3/c1-2-5-19-18(22)14-21-8-6-20(7-9-21)13-15-3-4-16-17(12-15)24-11-10-23-16/h3-4,12H,2,5-11,13-14H2,1H3,(H,19,22). The predicted octanol–water partition coefficient (Wildman–Crippen LogP) is 1.10. The minimum atomic E-state index is 0.136. The molecule has 1 aromatic rings. The van der Waals surface area contributed by atoms with Gasteiger partial charge < -0.3 is 14.8 Å². The fourth-order valence-electron chi connectivity index (χ4n) is 3.07. The maximum absolute atomic E-state index is 11.8. The Morgan fingerprint density at radius 3 is 2.54 bits per heavy atom. The number of ether oxygens (including phenoxy) is 2. The number of fused-ring (bicyclic) bond motifs is 1. The normalized spacial score (nSPS) is 18.4. The molecule has 2 aliphatic rings. The van der Waals surface area contributed by atoms with Crippen molar-refractivity contribution >= 4 is 5.91 Å². The van der Waals surface area contributed by atoms with Gasteiger partial charge in [-0.25, -0.2) is 0 Å². The van der Waals surface area contributed by atoms with Crippen LogP contribution in [0.4, 0.5) is 0 Å². The van der Waals surface area contributed by atoms with Crippen molar-refractivity contribution in [1.82, 2.24) is 15.1 Å². The number of piperazine rings is 1. The highest BCUT2D eigenvalue weighted by atomic mass is 16.6. The van der Waals surface area contributed by atoms with Gasteiger partial charge in [-0.15, -0.1) is 0 Å². The third-order valence-electron chi connectivity index (χ3n) is 4.42. The Labute approximate surface area is 143 Å². The van der Waals surface area contributed by atoms with Crippen LogP contribution in [0.2, 0.25) is 0 Å². The fourth-order valence-corrected chi connectivity index (χ4v) is 3.07. The van der Waals surface area contributed by atoms with E-state index >= 15 is 0 Å². The summed E-state index contributed by atoms with van der Waals surface area (Å²) in [6.07, 6.45) is 0.981. The lowest BCUT2D eigenvalue weighted by molar-refractivity contribution is -0.122. The van der Waals surface area contributed by atoms with E-state index in [9.17, 15) is 4.79 Å². The molecule has 24 heavy (non-hydrogen) atoms. The van der Waals surface area contributed by atoms with Gasteiger partial charge in [0.15, 0.2) is 11.5 Å². The number of carbonyl (C=O) groups excluding carboxylic acids is 1. The van der Waals surface area contributed by atoms with Crippen LogP contribution >= 0.6 is 0 Å². The highest BCUT2D eigenvalue weighted by molar-refractivity contribution is 5.77. The molecule has 1 fully saturated rings. The molecule has 0 bridgehead atoms. The zero-order valence-electron chi connectivity index (χ0n) is 14.4. The van der Waals surface area contributed by atoms with Crippen LogP contribution in [-0.4, -0.2) is 68.2 Å². The van der Waals surface area contributed by atoms with Gasteiger partial charge in [0, 0.05) is 39.3 Å². The number of nitrogens with one attached hydrogen (secondary N) is 1. The summed E-state index contributed by atoms with van der Waals surface area (Å²) in [5.41, 5.74) is 1.24. The van der Waals surface area contributed by atoms with Crippen LogP contribution in [0.25, 0.3) is 0 Å². The summed E-state index contributed by atoms with van der Waals surface area (Å²) >= 11 is 0. The van der Waals surface area contributed by atoms with Crippen LogP contribution in [0.1, 0.15) is 18.9 Å². The number of benzene rings is 1. The minimum absolute atomic E-state index is 0.136. The Bertz CT molecular complexity index is 556. The largest absolute Gasteiger partial charge is 0.486 e. The highest BCUT2D eigenvalue weighted by Gasteiger charge is 2.19. The second kappa shape index (κ2) is 8.35. The Kier molecular flexibility index (Phi) is 5.93. The van der Waals surface area contributed by atoms with Crippen molar-refractivity contribution < 1.29 is 14.3 Å². The Hall–Kier alpha value is -1.79. The molecular weight excluding hydrogens is 306 g/mol. The summed E-state index contributed by atoms with van der Waals surface area (Å²) in [4.78, 5) is 16.4. The molecule has 0 aromatic heterocycles. The maximum atomic E-state index is 11.8. The van der Waals surface area contributed by atoms with E-state index in [0.29, 0.717) is 19.8 Å². The fraction of sp³-hybridized carbons (Fsp3) is 0.611. The summed E-state index contributed by atoms with van der Waals surface area (Å²) in [5, 5.41) is 2.94. The Morgan fingerprint density at radius 2 is 1.79 bits per heavy atom. The van der Waals surface area contributed by atoms with Gasteiger partial charge in [0.1, 0.15) is 13.2 Å². The van der Waals surface area contributed by atoms with E-state index in [0.717, 1.165) is 57.2 Å². The number of rotatable bonds is 6. The summed E-state index contributed by atoms with van der Waals surface area (Å²) in [6, 6.07) is 6.19. The van der Waals surface area contributed by atoms with E-state index in [-0.39, 0.29) is 5.91 Å². The van der Waals surface area contributed by atoms with Crippen LogP contribution in [0, 0.1) is 0 Å². The van der Waals surface area contributed by atoms with Gasteiger partial charge in [-0.1, -0.05) is 13.0 Å². The zero-order chi connectivity index (χ0) is 16.8. The van der Waals surface area contributed by atoms with E-state index in [1.807, 2.05) is 6.07 Å². The van der Waals surface area contributed by atoms with Gasteiger partial charge in [0.05, 0.1) is 6.54 Å². The van der Waals surface area contributed by atoms with Crippen molar-refractivity contribution in [2.45, 2.75) is 19.9 Å². The first-order chi connectivity index (χ1) is 11.7. The second-order valence-corrected chi connectivity index (χ2v) is 6.38. The number of amides is 1. The lowest BCUT2D eigenvalue weighted by atomic mass is 10.1. The average molecular weight is 333 g/mol. The molecule has 3 rings (SSSR count). The summed E-state index contributed by atoms with van der Waals surface area (Å²) in [5.74, 6) is 1.83. The molecule has 132 valence electrons. The van der Waals surface area contributed by atoms with Crippen molar-refractivity contribution in [2.75, 3.05) is 52.5 Å². The highest BCUT2D eigenvalue weighted by Crippen LogP contribution is 2.31. The molecule has 0 atom stereocenters. The van der Waals surface area contributed by atoms with Gasteiger partial charge in [0.2, 0.25) is 5.91 Å². The number of nitrogens with zero attached hydrogens (tertiary/aromatic N) is 2. The zero-order valence-corrected chi connectivity index (χ0v) is 14.4. The van der Waals surface area contributed by atoms with Gasteiger partial charge >= 0.3 is 0 Å². The van der Waals surface area contributed by atoms with Crippen LogP contribution in [0.15, 0.2) is 18.2 Å². The van der Waals surface area contributed by atoms with E-state index in [4.69, 9.17) is 9.47 Å². The molecule has 2 heterocycles. The molecule has 1 saturated heterocycles. The van der Waals surface area contributed by atoms with Crippen molar-refractivity contribution in [3.63, 3.8) is 0 Å². The Morgan fingerprint density at radius 1 is 1.08 bits per heavy atom. The molecule has 2 aliphatic heterocycles. The summed E-state index contributed by atoms with van der Waals surface area (Å²) < 4.78 is 11.2. The minimum Gasteiger partial charge on any atom is -0.486 e. The van der Waals surface area contributed by atoms with Crippen LogP contribution < -0.4 is 14.8 Å². The first-order valence-corrected chi connectivity index (χ1v) is 8.84. The van der Waals surface area contributed by atoms with Crippen molar-refractivity contribution in [3.05, 3.63) is 23.8 Å². The maximum Gasteiger partial charge on any atom is 0.234 e. The molecular formula is C18H27N3O3. The SMILES string of the molecule is CCCNC(=O)CN1CCN(Cc2ccc3c(c2)OCCO3)CC1. The predicted molar refractivity (Wildman–Crippen MR) is 92.4 cm³/mol. The molecule has 1 aromatic carbocycles. The van der Waals surface area contributed by atoms with Crippen molar-refractivity contribution in [1.29, 1.82) is 0 Å². The third-order valence-corrected chi connectivity index (χ3v) is 4.42. The Balaban J connectivity index is 1.44. The van der Waals surface area contributed by atoms with E-state index in [2.05, 4.69) is 34.2 Å². The average Bonchev–Trinajstić information content (AvgIpc) is 2.61.